The van der Waals surface area contributed by atoms with Crippen molar-refractivity contribution in [1.29, 1.82) is 0 Å². The van der Waals surface area contributed by atoms with Crippen LogP contribution in [0, 0.1) is 11.8 Å². The molecule has 3 rings (SSSR count). The fourth-order valence-corrected chi connectivity index (χ4v) is 5.85. The number of rotatable bonds is 13. The summed E-state index contributed by atoms with van der Waals surface area (Å²) in [5.41, 5.74) is 5.84. The van der Waals surface area contributed by atoms with Gasteiger partial charge in [-0.05, 0) is 71.8 Å². The maximum Gasteiger partial charge on any atom is 0.0308 e. The van der Waals surface area contributed by atoms with Crippen LogP contribution in [0.2, 0.25) is 0 Å². The third kappa shape index (κ3) is 7.19. The van der Waals surface area contributed by atoms with Gasteiger partial charge >= 0.3 is 0 Å². The lowest BCUT2D eigenvalue weighted by Gasteiger charge is -2.33. The number of aromatic nitrogens is 1. The molecule has 1 nitrogen and oxygen atoms in total. The molecule has 1 heteroatoms. The van der Waals surface area contributed by atoms with Crippen LogP contribution in [0.4, 0.5) is 0 Å². The molecule has 1 aliphatic rings. The Morgan fingerprint density at radius 3 is 2.31 bits per heavy atom. The number of nitrogens with zero attached hydrogens (tertiary/aromatic N) is 1. The highest BCUT2D eigenvalue weighted by atomic mass is 14.6. The van der Waals surface area contributed by atoms with Gasteiger partial charge in [0, 0.05) is 12.4 Å². The van der Waals surface area contributed by atoms with Gasteiger partial charge in [-0.1, -0.05) is 109 Å². The quantitative estimate of drug-likeness (QED) is 0.286. The number of hydrogen-bond acceptors (Lipinski definition) is 1. The van der Waals surface area contributed by atoms with Crippen molar-refractivity contribution < 1.29 is 0 Å². The summed E-state index contributed by atoms with van der Waals surface area (Å²) in [5.74, 6) is 2.38. The Morgan fingerprint density at radius 1 is 0.812 bits per heavy atom. The molecule has 1 aromatic carbocycles. The van der Waals surface area contributed by atoms with E-state index in [9.17, 15) is 0 Å². The van der Waals surface area contributed by atoms with Gasteiger partial charge in [-0.2, -0.15) is 0 Å². The molecule has 0 N–H and O–H groups in total. The molecule has 1 unspecified atom stereocenters. The Kier molecular flexibility index (Phi) is 10.8. The van der Waals surface area contributed by atoms with Gasteiger partial charge in [-0.25, -0.2) is 0 Å². The number of hydrogen-bond donors (Lipinski definition) is 0. The molecule has 1 saturated carbocycles. The van der Waals surface area contributed by atoms with Gasteiger partial charge in [0.1, 0.15) is 0 Å². The van der Waals surface area contributed by atoms with Gasteiger partial charge < -0.3 is 0 Å². The summed E-state index contributed by atoms with van der Waals surface area (Å²) in [5, 5.41) is 0. The summed E-state index contributed by atoms with van der Waals surface area (Å²) in [4.78, 5) is 4.57. The van der Waals surface area contributed by atoms with Gasteiger partial charge in [-0.15, -0.1) is 0 Å². The summed E-state index contributed by atoms with van der Waals surface area (Å²) in [6.45, 7) is 7.06. The van der Waals surface area contributed by atoms with E-state index in [-0.39, 0.29) is 0 Å². The molecule has 1 fully saturated rings. The third-order valence-corrected chi connectivity index (χ3v) is 8.01. The van der Waals surface area contributed by atoms with Crippen molar-refractivity contribution in [3.05, 3.63) is 53.9 Å². The number of pyridine rings is 1. The van der Waals surface area contributed by atoms with Gasteiger partial charge in [0.2, 0.25) is 0 Å². The van der Waals surface area contributed by atoms with Crippen molar-refractivity contribution in [3.63, 3.8) is 0 Å². The van der Waals surface area contributed by atoms with Crippen molar-refractivity contribution in [2.75, 3.05) is 0 Å². The lowest BCUT2D eigenvalue weighted by Crippen LogP contribution is -2.20. The summed E-state index contributed by atoms with van der Waals surface area (Å²) >= 11 is 0. The highest BCUT2D eigenvalue weighted by molar-refractivity contribution is 5.71. The van der Waals surface area contributed by atoms with Crippen LogP contribution < -0.4 is 0 Å². The van der Waals surface area contributed by atoms with E-state index in [1.165, 1.54) is 112 Å². The van der Waals surface area contributed by atoms with Gasteiger partial charge in [0.15, 0.2) is 0 Å². The Bertz CT molecular complexity index is 772. The maximum absolute atomic E-state index is 4.57. The molecule has 1 heterocycles. The smallest absolute Gasteiger partial charge is 0.0308 e. The first-order chi connectivity index (χ1) is 15.7. The number of aryl methyl sites for hydroxylation is 1. The Labute approximate surface area is 198 Å². The predicted octanol–water partition coefficient (Wildman–Crippen LogP) is 9.75. The summed E-state index contributed by atoms with van der Waals surface area (Å²) in [6, 6.07) is 11.4. The molecule has 1 aliphatic carbocycles. The highest BCUT2D eigenvalue weighted by Gasteiger charge is 2.27. The molecule has 0 radical (unpaired) electrons. The van der Waals surface area contributed by atoms with E-state index in [0.717, 1.165) is 11.8 Å². The van der Waals surface area contributed by atoms with E-state index in [2.05, 4.69) is 62.3 Å². The number of unbranched alkanes of at least 4 members (excludes halogenated alkanes) is 6. The zero-order chi connectivity index (χ0) is 22.6. The van der Waals surface area contributed by atoms with Gasteiger partial charge in [-0.3, -0.25) is 4.98 Å². The Morgan fingerprint density at radius 2 is 1.53 bits per heavy atom. The van der Waals surface area contributed by atoms with E-state index in [1.807, 2.05) is 6.20 Å². The molecule has 1 aromatic heterocycles. The van der Waals surface area contributed by atoms with Crippen LogP contribution in [-0.2, 0) is 6.42 Å². The van der Waals surface area contributed by atoms with Crippen LogP contribution in [0.1, 0.15) is 121 Å². The zero-order valence-corrected chi connectivity index (χ0v) is 21.1. The van der Waals surface area contributed by atoms with Crippen LogP contribution in [-0.4, -0.2) is 4.98 Å². The lowest BCUT2D eigenvalue weighted by molar-refractivity contribution is 0.236. The molecular weight excluding hydrogens is 386 g/mol. The van der Waals surface area contributed by atoms with Crippen molar-refractivity contribution in [1.82, 2.24) is 4.98 Å². The van der Waals surface area contributed by atoms with Crippen molar-refractivity contribution in [2.45, 2.75) is 117 Å². The zero-order valence-electron chi connectivity index (χ0n) is 21.1. The predicted molar refractivity (Wildman–Crippen MR) is 140 cm³/mol. The van der Waals surface area contributed by atoms with Gasteiger partial charge in [0.05, 0.1) is 0 Å². The summed E-state index contributed by atoms with van der Waals surface area (Å²) < 4.78 is 0. The van der Waals surface area contributed by atoms with Crippen LogP contribution in [0.25, 0.3) is 11.1 Å². The molecule has 1 atom stereocenters. The molecule has 0 amide bonds. The van der Waals surface area contributed by atoms with Crippen molar-refractivity contribution >= 4 is 0 Å². The first-order valence-corrected chi connectivity index (χ1v) is 13.8. The average molecular weight is 434 g/mol. The van der Waals surface area contributed by atoms with E-state index in [1.54, 1.807) is 0 Å². The van der Waals surface area contributed by atoms with Crippen molar-refractivity contribution in [3.8, 4) is 11.1 Å². The molecule has 0 bridgehead atoms. The number of benzene rings is 1. The SMILES string of the molecule is CCCCCCCC1CCC(C(C)c2cnccc2-c2ccccc2CCCCC)CC1. The summed E-state index contributed by atoms with van der Waals surface area (Å²) in [7, 11) is 0. The van der Waals surface area contributed by atoms with E-state index < -0.39 is 0 Å². The lowest BCUT2D eigenvalue weighted by atomic mass is 9.72. The molecule has 0 saturated heterocycles. The van der Waals surface area contributed by atoms with E-state index >= 15 is 0 Å². The minimum Gasteiger partial charge on any atom is -0.264 e. The monoisotopic (exact) mass is 433 g/mol. The first kappa shape index (κ1) is 25.0. The minimum absolute atomic E-state index is 0.591. The molecule has 32 heavy (non-hydrogen) atoms. The third-order valence-electron chi connectivity index (χ3n) is 8.01. The van der Waals surface area contributed by atoms with Crippen LogP contribution in [0.3, 0.4) is 0 Å². The van der Waals surface area contributed by atoms with Crippen LogP contribution in [0.5, 0.6) is 0 Å². The minimum atomic E-state index is 0.591. The second-order valence-electron chi connectivity index (χ2n) is 10.3. The van der Waals surface area contributed by atoms with Crippen LogP contribution >= 0.6 is 0 Å². The van der Waals surface area contributed by atoms with Gasteiger partial charge in [0.25, 0.3) is 0 Å². The average Bonchev–Trinajstić information content (AvgIpc) is 2.84. The van der Waals surface area contributed by atoms with Crippen LogP contribution in [0.15, 0.2) is 42.7 Å². The standard InChI is InChI=1S/C31H47N/c1-4-6-8-9-11-14-26-18-20-27(21-19-26)25(3)31-24-32-23-22-30(31)29-17-13-12-16-28(29)15-10-7-5-2/h12-13,16-17,22-27H,4-11,14-15,18-21H2,1-3H3. The molecular formula is C31H47N. The normalized spacial score (nSPS) is 19.7. The Balaban J connectivity index is 1.63. The fraction of sp³-hybridized carbons (Fsp3) is 0.645. The second kappa shape index (κ2) is 13.8. The summed E-state index contributed by atoms with van der Waals surface area (Å²) in [6.07, 6.45) is 23.5. The molecule has 2 aromatic rings. The van der Waals surface area contributed by atoms with Crippen molar-refractivity contribution in [2.24, 2.45) is 11.8 Å². The highest BCUT2D eigenvalue weighted by Crippen LogP contribution is 2.42. The maximum atomic E-state index is 4.57. The fourth-order valence-electron chi connectivity index (χ4n) is 5.85. The molecule has 176 valence electrons. The van der Waals surface area contributed by atoms with E-state index in [4.69, 9.17) is 0 Å². The largest absolute Gasteiger partial charge is 0.264 e. The van der Waals surface area contributed by atoms with E-state index in [0.29, 0.717) is 5.92 Å². The molecule has 0 spiro atoms. The Hall–Kier alpha value is -1.63. The molecule has 0 aliphatic heterocycles. The first-order valence-electron chi connectivity index (χ1n) is 13.8. The second-order valence-corrected chi connectivity index (χ2v) is 10.3. The topological polar surface area (TPSA) is 12.9 Å².